The summed E-state index contributed by atoms with van der Waals surface area (Å²) in [6.07, 6.45) is 3.00. The van der Waals surface area contributed by atoms with Gasteiger partial charge in [-0.3, -0.25) is 0 Å². The number of nitrogens with one attached hydrogen (secondary N) is 1. The number of unbranched alkanes of at least 4 members (excludes halogenated alkanes) is 1. The lowest BCUT2D eigenvalue weighted by Crippen LogP contribution is -2.32. The second-order valence-electron chi connectivity index (χ2n) is 4.48. The molecule has 1 unspecified atom stereocenters. The average Bonchev–Trinajstić information content (AvgIpc) is 2.26. The van der Waals surface area contributed by atoms with Gasteiger partial charge < -0.3 is 0 Å². The van der Waals surface area contributed by atoms with Crippen molar-refractivity contribution in [1.82, 2.24) is 4.72 Å². The fraction of sp³-hybridized carbons (Fsp3) is 0.538. The van der Waals surface area contributed by atoms with Gasteiger partial charge in [0.1, 0.15) is 0 Å². The highest BCUT2D eigenvalue weighted by atomic mass is 32.2. The summed E-state index contributed by atoms with van der Waals surface area (Å²) in [5, 5.41) is 0. The van der Waals surface area contributed by atoms with Crippen molar-refractivity contribution in [3.05, 3.63) is 29.8 Å². The van der Waals surface area contributed by atoms with Crippen molar-refractivity contribution in [3.63, 3.8) is 0 Å². The van der Waals surface area contributed by atoms with Gasteiger partial charge in [-0.25, -0.2) is 13.1 Å². The third kappa shape index (κ3) is 4.48. The van der Waals surface area contributed by atoms with E-state index in [9.17, 15) is 8.42 Å². The van der Waals surface area contributed by atoms with Crippen molar-refractivity contribution >= 4 is 10.0 Å². The molecule has 96 valence electrons. The molecule has 0 aliphatic heterocycles. The minimum atomic E-state index is -3.36. The predicted octanol–water partition coefficient (Wildman–Crippen LogP) is 2.85. The molecular formula is C13H21NO2S. The van der Waals surface area contributed by atoms with Crippen LogP contribution in [-0.4, -0.2) is 14.5 Å². The molecule has 0 heterocycles. The van der Waals surface area contributed by atoms with E-state index in [0.29, 0.717) is 4.90 Å². The molecule has 0 aromatic heterocycles. The van der Waals surface area contributed by atoms with Crippen molar-refractivity contribution < 1.29 is 8.42 Å². The van der Waals surface area contributed by atoms with Gasteiger partial charge in [0.25, 0.3) is 0 Å². The van der Waals surface area contributed by atoms with Crippen molar-refractivity contribution in [3.8, 4) is 0 Å². The van der Waals surface area contributed by atoms with Crippen LogP contribution in [0.5, 0.6) is 0 Å². The molecule has 0 fully saturated rings. The first-order chi connectivity index (χ1) is 7.95. The van der Waals surface area contributed by atoms with Crippen LogP contribution in [0.2, 0.25) is 0 Å². The lowest BCUT2D eigenvalue weighted by atomic mass is 10.2. The highest BCUT2D eigenvalue weighted by Gasteiger charge is 2.16. The lowest BCUT2D eigenvalue weighted by molar-refractivity contribution is 0.534. The maximum atomic E-state index is 12.0. The summed E-state index contributed by atoms with van der Waals surface area (Å²) >= 11 is 0. The average molecular weight is 255 g/mol. The zero-order valence-electron chi connectivity index (χ0n) is 10.7. The summed E-state index contributed by atoms with van der Waals surface area (Å²) < 4.78 is 26.7. The zero-order chi connectivity index (χ0) is 12.9. The Hall–Kier alpha value is -0.870. The number of rotatable bonds is 6. The molecule has 0 aliphatic carbocycles. The minimum absolute atomic E-state index is 0.0127. The summed E-state index contributed by atoms with van der Waals surface area (Å²) in [7, 11) is -3.36. The van der Waals surface area contributed by atoms with Gasteiger partial charge in [0.15, 0.2) is 0 Å². The molecule has 0 aliphatic rings. The molecule has 0 spiro atoms. The van der Waals surface area contributed by atoms with E-state index in [1.54, 1.807) is 12.1 Å². The molecule has 3 nitrogen and oxygen atoms in total. The highest BCUT2D eigenvalue weighted by Crippen LogP contribution is 2.11. The molecule has 0 bridgehead atoms. The lowest BCUT2D eigenvalue weighted by Gasteiger charge is -2.13. The fourth-order valence-electron chi connectivity index (χ4n) is 1.62. The fourth-order valence-corrected chi connectivity index (χ4v) is 2.90. The number of sulfonamides is 1. The van der Waals surface area contributed by atoms with Crippen LogP contribution in [0.1, 0.15) is 38.7 Å². The Morgan fingerprint density at radius 1 is 1.24 bits per heavy atom. The van der Waals surface area contributed by atoms with Crippen LogP contribution >= 0.6 is 0 Å². The Labute approximate surface area is 104 Å². The molecule has 1 rings (SSSR count). The van der Waals surface area contributed by atoms with Crippen LogP contribution in [0.15, 0.2) is 29.2 Å². The van der Waals surface area contributed by atoms with E-state index in [4.69, 9.17) is 0 Å². The number of hydrogen-bond acceptors (Lipinski definition) is 2. The van der Waals surface area contributed by atoms with Gasteiger partial charge in [0, 0.05) is 6.04 Å². The quantitative estimate of drug-likeness (QED) is 0.849. The molecular weight excluding hydrogens is 234 g/mol. The first kappa shape index (κ1) is 14.2. The van der Waals surface area contributed by atoms with E-state index in [1.165, 1.54) is 0 Å². The Morgan fingerprint density at radius 2 is 1.82 bits per heavy atom. The second kappa shape index (κ2) is 6.17. The van der Waals surface area contributed by atoms with E-state index < -0.39 is 10.0 Å². The van der Waals surface area contributed by atoms with Gasteiger partial charge >= 0.3 is 0 Å². The maximum absolute atomic E-state index is 12.0. The van der Waals surface area contributed by atoms with Crippen LogP contribution in [0, 0.1) is 6.92 Å². The maximum Gasteiger partial charge on any atom is 0.240 e. The summed E-state index contributed by atoms with van der Waals surface area (Å²) in [5.74, 6) is 0. The monoisotopic (exact) mass is 255 g/mol. The van der Waals surface area contributed by atoms with E-state index in [-0.39, 0.29) is 6.04 Å². The molecule has 4 heteroatoms. The van der Waals surface area contributed by atoms with Gasteiger partial charge in [-0.15, -0.1) is 0 Å². The summed E-state index contributed by atoms with van der Waals surface area (Å²) in [4.78, 5) is 0.339. The summed E-state index contributed by atoms with van der Waals surface area (Å²) in [6, 6.07) is 6.89. The molecule has 0 saturated heterocycles. The van der Waals surface area contributed by atoms with E-state index >= 15 is 0 Å². The number of hydrogen-bond donors (Lipinski definition) is 1. The largest absolute Gasteiger partial charge is 0.240 e. The molecule has 17 heavy (non-hydrogen) atoms. The zero-order valence-corrected chi connectivity index (χ0v) is 11.5. The SMILES string of the molecule is CCCCC(C)NS(=O)(=O)c1ccc(C)cc1. The van der Waals surface area contributed by atoms with Crippen molar-refractivity contribution in [1.29, 1.82) is 0 Å². The van der Waals surface area contributed by atoms with E-state index in [0.717, 1.165) is 24.8 Å². The molecule has 1 N–H and O–H groups in total. The van der Waals surface area contributed by atoms with Crippen LogP contribution in [0.25, 0.3) is 0 Å². The first-order valence-corrected chi connectivity index (χ1v) is 7.53. The van der Waals surface area contributed by atoms with Gasteiger partial charge in [-0.2, -0.15) is 0 Å². The van der Waals surface area contributed by atoms with Crippen LogP contribution in [0.4, 0.5) is 0 Å². The van der Waals surface area contributed by atoms with Crippen molar-refractivity contribution in [2.45, 2.75) is 51.0 Å². The van der Waals surface area contributed by atoms with Crippen LogP contribution in [0.3, 0.4) is 0 Å². The van der Waals surface area contributed by atoms with E-state index in [2.05, 4.69) is 11.6 Å². The van der Waals surface area contributed by atoms with Crippen molar-refractivity contribution in [2.75, 3.05) is 0 Å². The topological polar surface area (TPSA) is 46.2 Å². The summed E-state index contributed by atoms with van der Waals surface area (Å²) in [5.41, 5.74) is 1.06. The summed E-state index contributed by atoms with van der Waals surface area (Å²) in [6.45, 7) is 5.94. The van der Waals surface area contributed by atoms with Gasteiger partial charge in [-0.1, -0.05) is 37.5 Å². The molecule has 1 aromatic carbocycles. The minimum Gasteiger partial charge on any atom is -0.208 e. The van der Waals surface area contributed by atoms with Crippen LogP contribution in [-0.2, 0) is 10.0 Å². The van der Waals surface area contributed by atoms with Gasteiger partial charge in [0.05, 0.1) is 4.90 Å². The first-order valence-electron chi connectivity index (χ1n) is 6.04. The molecule has 0 radical (unpaired) electrons. The molecule has 1 atom stereocenters. The Kier molecular flexibility index (Phi) is 5.15. The highest BCUT2D eigenvalue weighted by molar-refractivity contribution is 7.89. The van der Waals surface area contributed by atoms with Gasteiger partial charge in [-0.05, 0) is 32.4 Å². The second-order valence-corrected chi connectivity index (χ2v) is 6.19. The standard InChI is InChI=1S/C13H21NO2S/c1-4-5-6-12(3)14-17(15,16)13-9-7-11(2)8-10-13/h7-10,12,14H,4-6H2,1-3H3. The molecule has 1 aromatic rings. The van der Waals surface area contributed by atoms with E-state index in [1.807, 2.05) is 26.0 Å². The van der Waals surface area contributed by atoms with Crippen LogP contribution < -0.4 is 4.72 Å². The Morgan fingerprint density at radius 3 is 2.35 bits per heavy atom. The smallest absolute Gasteiger partial charge is 0.208 e. The Bertz CT molecular complexity index is 437. The van der Waals surface area contributed by atoms with Gasteiger partial charge in [0.2, 0.25) is 10.0 Å². The number of aryl methyl sites for hydroxylation is 1. The number of benzene rings is 1. The normalized spacial score (nSPS) is 13.6. The third-order valence-corrected chi connectivity index (χ3v) is 4.28. The Balaban J connectivity index is 2.71. The molecule has 0 saturated carbocycles. The third-order valence-electron chi connectivity index (χ3n) is 2.68. The van der Waals surface area contributed by atoms with Crippen molar-refractivity contribution in [2.24, 2.45) is 0 Å². The molecule has 0 amide bonds. The predicted molar refractivity (Wildman–Crippen MR) is 70.5 cm³/mol.